The molecule has 1 N–H and O–H groups in total. The van der Waals surface area contributed by atoms with Crippen molar-refractivity contribution in [3.8, 4) is 40.2 Å². The third kappa shape index (κ3) is 7.98. The van der Waals surface area contributed by atoms with E-state index < -0.39 is 5.97 Å². The molecule has 0 amide bonds. The Balaban J connectivity index is 1.41. The molecule has 8 heteroatoms. The first-order chi connectivity index (χ1) is 22.4. The standard InChI is InChI=1S/C38H40N2O6/c1-4-6-8-28(17-27(5-2)21-39)24-45-32-18-30-13-14-40(23-38(41)42)22-34(30)36(20-32)46-25-31-9-7-10-33(26(31)3)29-11-12-35-37(19-29)44-16-15-43-35/h5-12,17-20H,4,13-16,22-25H2,1-3H3,(H,41,42)/b8-6+,27-5+,28-17+. The lowest BCUT2D eigenvalue weighted by Crippen LogP contribution is -2.35. The number of nitrogens with zero attached hydrogens (tertiary/aromatic N) is 2. The van der Waals surface area contributed by atoms with Crippen molar-refractivity contribution in [2.75, 3.05) is 32.9 Å². The number of benzene rings is 3. The number of hydrogen-bond donors (Lipinski definition) is 1. The highest BCUT2D eigenvalue weighted by molar-refractivity contribution is 5.71. The number of hydrogen-bond acceptors (Lipinski definition) is 7. The van der Waals surface area contributed by atoms with Gasteiger partial charge in [-0.2, -0.15) is 5.26 Å². The molecule has 8 nitrogen and oxygen atoms in total. The molecule has 0 radical (unpaired) electrons. The van der Waals surface area contributed by atoms with Crippen LogP contribution in [0.3, 0.4) is 0 Å². The molecule has 0 unspecified atom stereocenters. The number of nitriles is 1. The van der Waals surface area contributed by atoms with Crippen molar-refractivity contribution in [3.63, 3.8) is 0 Å². The average molecular weight is 621 g/mol. The van der Waals surface area contributed by atoms with Gasteiger partial charge in [0.1, 0.15) is 37.9 Å². The Bertz CT molecular complexity index is 1710. The Labute approximate surface area is 270 Å². The van der Waals surface area contributed by atoms with Crippen molar-refractivity contribution in [2.24, 2.45) is 0 Å². The second-order valence-corrected chi connectivity index (χ2v) is 11.3. The number of carbonyl (C=O) groups is 1. The summed E-state index contributed by atoms with van der Waals surface area (Å²) in [4.78, 5) is 13.4. The summed E-state index contributed by atoms with van der Waals surface area (Å²) in [6, 6.07) is 18.3. The summed E-state index contributed by atoms with van der Waals surface area (Å²) in [5.74, 6) is 1.99. The van der Waals surface area contributed by atoms with Gasteiger partial charge in [0, 0.05) is 30.3 Å². The summed E-state index contributed by atoms with van der Waals surface area (Å²) in [6.07, 6.45) is 9.19. The molecule has 0 aromatic heterocycles. The second-order valence-electron chi connectivity index (χ2n) is 11.3. The first-order valence-corrected chi connectivity index (χ1v) is 15.7. The van der Waals surface area contributed by atoms with Crippen molar-refractivity contribution in [2.45, 2.75) is 46.8 Å². The smallest absolute Gasteiger partial charge is 0.317 e. The van der Waals surface area contributed by atoms with Gasteiger partial charge in [-0.15, -0.1) is 0 Å². The van der Waals surface area contributed by atoms with E-state index in [0.29, 0.717) is 56.4 Å². The molecule has 0 spiro atoms. The first-order valence-electron chi connectivity index (χ1n) is 15.7. The number of carboxylic acids is 1. The molecule has 238 valence electrons. The van der Waals surface area contributed by atoms with Gasteiger partial charge in [-0.3, -0.25) is 9.69 Å². The zero-order chi connectivity index (χ0) is 32.5. The van der Waals surface area contributed by atoms with Gasteiger partial charge < -0.3 is 24.1 Å². The van der Waals surface area contributed by atoms with Gasteiger partial charge in [0.2, 0.25) is 0 Å². The number of allylic oxidation sites excluding steroid dienone is 4. The van der Waals surface area contributed by atoms with Gasteiger partial charge in [-0.1, -0.05) is 49.4 Å². The highest BCUT2D eigenvalue weighted by Crippen LogP contribution is 2.37. The fourth-order valence-corrected chi connectivity index (χ4v) is 5.67. The molecule has 2 aliphatic heterocycles. The molecule has 5 rings (SSSR count). The van der Waals surface area contributed by atoms with E-state index in [1.54, 1.807) is 6.08 Å². The monoisotopic (exact) mass is 620 g/mol. The molecule has 2 heterocycles. The van der Waals surface area contributed by atoms with Crippen LogP contribution in [-0.2, 0) is 24.4 Å². The maximum atomic E-state index is 11.5. The SMILES string of the molecule is C\C=C(C#N)/C=C(\C=C\CC)COc1cc2c(c(OCc3cccc(-c4ccc5c(c4)OCCO5)c3C)c1)CN(CC(=O)O)CC2. The van der Waals surface area contributed by atoms with Gasteiger partial charge in [0.25, 0.3) is 0 Å². The Morgan fingerprint density at radius 3 is 2.70 bits per heavy atom. The van der Waals surface area contributed by atoms with E-state index in [9.17, 15) is 15.2 Å². The molecule has 0 aliphatic carbocycles. The average Bonchev–Trinajstić information content (AvgIpc) is 3.07. The minimum Gasteiger partial charge on any atom is -0.489 e. The summed E-state index contributed by atoms with van der Waals surface area (Å²) in [5, 5.41) is 18.9. The van der Waals surface area contributed by atoms with E-state index in [2.05, 4.69) is 32.0 Å². The van der Waals surface area contributed by atoms with Gasteiger partial charge in [-0.25, -0.2) is 0 Å². The van der Waals surface area contributed by atoms with Crippen molar-refractivity contribution >= 4 is 5.97 Å². The van der Waals surface area contributed by atoms with Crippen molar-refractivity contribution < 1.29 is 28.8 Å². The van der Waals surface area contributed by atoms with Crippen LogP contribution in [0.5, 0.6) is 23.0 Å². The highest BCUT2D eigenvalue weighted by Gasteiger charge is 2.23. The molecule has 2 aliphatic rings. The second kappa shape index (κ2) is 15.3. The first kappa shape index (κ1) is 32.4. The quantitative estimate of drug-likeness (QED) is 0.168. The topological polar surface area (TPSA) is 101 Å². The zero-order valence-corrected chi connectivity index (χ0v) is 26.7. The van der Waals surface area contributed by atoms with E-state index in [1.165, 1.54) is 0 Å². The molecular weight excluding hydrogens is 580 g/mol. The van der Waals surface area contributed by atoms with E-state index in [-0.39, 0.29) is 13.2 Å². The van der Waals surface area contributed by atoms with E-state index in [1.807, 2.05) is 66.4 Å². The lowest BCUT2D eigenvalue weighted by Gasteiger charge is -2.29. The maximum absolute atomic E-state index is 11.5. The molecule has 0 atom stereocenters. The zero-order valence-electron chi connectivity index (χ0n) is 26.7. The summed E-state index contributed by atoms with van der Waals surface area (Å²) >= 11 is 0. The Hall–Kier alpha value is -5.00. The van der Waals surface area contributed by atoms with Crippen LogP contribution in [0.1, 0.15) is 42.5 Å². The third-order valence-electron chi connectivity index (χ3n) is 8.15. The van der Waals surface area contributed by atoms with Crippen molar-refractivity contribution in [1.82, 2.24) is 4.90 Å². The Morgan fingerprint density at radius 1 is 1.11 bits per heavy atom. The van der Waals surface area contributed by atoms with Crippen molar-refractivity contribution in [1.29, 1.82) is 5.26 Å². The molecule has 46 heavy (non-hydrogen) atoms. The predicted octanol–water partition coefficient (Wildman–Crippen LogP) is 7.20. The number of carboxylic acid groups (broad SMARTS) is 1. The lowest BCUT2D eigenvalue weighted by atomic mass is 9.96. The molecule has 0 fully saturated rings. The van der Waals surface area contributed by atoms with Crippen LogP contribution in [-0.4, -0.2) is 48.9 Å². The van der Waals surface area contributed by atoms with Crippen LogP contribution in [0.2, 0.25) is 0 Å². The summed E-state index contributed by atoms with van der Waals surface area (Å²) < 4.78 is 24.3. The van der Waals surface area contributed by atoms with Crippen LogP contribution < -0.4 is 18.9 Å². The third-order valence-corrected chi connectivity index (χ3v) is 8.15. The Morgan fingerprint density at radius 2 is 1.93 bits per heavy atom. The highest BCUT2D eigenvalue weighted by atomic mass is 16.6. The number of rotatable bonds is 12. The van der Waals surface area contributed by atoms with Crippen LogP contribution in [0.15, 0.2) is 84.0 Å². The number of ether oxygens (including phenoxy) is 4. The van der Waals surface area contributed by atoms with Gasteiger partial charge in [0.05, 0.1) is 12.6 Å². The molecule has 0 saturated heterocycles. The Kier molecular flexibility index (Phi) is 10.8. The van der Waals surface area contributed by atoms with Crippen LogP contribution in [0.4, 0.5) is 0 Å². The summed E-state index contributed by atoms with van der Waals surface area (Å²) in [7, 11) is 0. The van der Waals surface area contributed by atoms with Gasteiger partial charge in [-0.05, 0) is 84.4 Å². The summed E-state index contributed by atoms with van der Waals surface area (Å²) in [5.41, 5.74) is 7.77. The van der Waals surface area contributed by atoms with Crippen LogP contribution >= 0.6 is 0 Å². The van der Waals surface area contributed by atoms with Crippen molar-refractivity contribution in [3.05, 3.63) is 106 Å². The number of fused-ring (bicyclic) bond motifs is 2. The lowest BCUT2D eigenvalue weighted by molar-refractivity contribution is -0.138. The normalized spacial score (nSPS) is 14.9. The largest absolute Gasteiger partial charge is 0.489 e. The van der Waals surface area contributed by atoms with E-state index >= 15 is 0 Å². The van der Waals surface area contributed by atoms with E-state index in [0.717, 1.165) is 56.9 Å². The van der Waals surface area contributed by atoms with Gasteiger partial charge in [0.15, 0.2) is 11.5 Å². The minimum absolute atomic E-state index is 0.0299. The van der Waals surface area contributed by atoms with Crippen LogP contribution in [0, 0.1) is 18.3 Å². The fraction of sp³-hybridized carbons (Fsp3) is 0.316. The van der Waals surface area contributed by atoms with Crippen LogP contribution in [0.25, 0.3) is 11.1 Å². The van der Waals surface area contributed by atoms with E-state index in [4.69, 9.17) is 18.9 Å². The predicted molar refractivity (Wildman–Crippen MR) is 177 cm³/mol. The minimum atomic E-state index is -0.852. The molecule has 3 aromatic carbocycles. The maximum Gasteiger partial charge on any atom is 0.317 e. The molecular formula is C38H40N2O6. The summed E-state index contributed by atoms with van der Waals surface area (Å²) in [6.45, 7) is 8.77. The fourth-order valence-electron chi connectivity index (χ4n) is 5.67. The van der Waals surface area contributed by atoms with Gasteiger partial charge >= 0.3 is 5.97 Å². The molecule has 0 bridgehead atoms. The number of aliphatic carboxylic acids is 1. The molecule has 3 aromatic rings. The molecule has 0 saturated carbocycles.